The van der Waals surface area contributed by atoms with Gasteiger partial charge in [0.15, 0.2) is 16.6 Å². The molecule has 0 saturated carbocycles. The molecular weight excluding hydrogens is 439 g/mol. The predicted molar refractivity (Wildman–Crippen MR) is 118 cm³/mol. The molecule has 0 bridgehead atoms. The van der Waals surface area contributed by atoms with Crippen molar-refractivity contribution in [3.05, 3.63) is 56.9 Å². The van der Waals surface area contributed by atoms with Crippen LogP contribution >= 0.6 is 46.8 Å². The van der Waals surface area contributed by atoms with E-state index in [1.165, 1.54) is 18.4 Å². The van der Waals surface area contributed by atoms with Crippen LogP contribution in [0.4, 0.5) is 0 Å². The van der Waals surface area contributed by atoms with Crippen molar-refractivity contribution in [2.24, 2.45) is 0 Å². The van der Waals surface area contributed by atoms with Crippen LogP contribution < -0.4 is 20.1 Å². The number of hydrogen-bond donors (Lipinski definition) is 2. The maximum Gasteiger partial charge on any atom is 0.269 e. The molecule has 1 heterocycles. The predicted octanol–water partition coefficient (Wildman–Crippen LogP) is 5.03. The van der Waals surface area contributed by atoms with Crippen LogP contribution in [0.2, 0.25) is 10.0 Å². The lowest BCUT2D eigenvalue weighted by Crippen LogP contribution is -2.38. The normalized spacial score (nSPS) is 10.6. The molecule has 2 N–H and O–H groups in total. The Kier molecular flexibility index (Phi) is 6.61. The number of rotatable bonds is 5. The Morgan fingerprint density at radius 2 is 1.82 bits per heavy atom. The molecule has 3 aromatic rings. The first-order chi connectivity index (χ1) is 13.4. The van der Waals surface area contributed by atoms with Crippen molar-refractivity contribution in [3.8, 4) is 11.5 Å². The third-order valence-electron chi connectivity index (χ3n) is 3.96. The lowest BCUT2D eigenvalue weighted by Gasteiger charge is -2.13. The molecule has 0 spiro atoms. The van der Waals surface area contributed by atoms with Crippen LogP contribution in [0, 0.1) is 0 Å². The number of halogens is 2. The number of thiophene rings is 1. The fourth-order valence-electron chi connectivity index (χ4n) is 2.57. The molecule has 1 amide bonds. The first-order valence-corrected chi connectivity index (χ1v) is 10.1. The highest BCUT2D eigenvalue weighted by Crippen LogP contribution is 2.35. The second kappa shape index (κ2) is 8.96. The second-order valence-electron chi connectivity index (χ2n) is 5.68. The quantitative estimate of drug-likeness (QED) is 0.529. The average Bonchev–Trinajstić information content (AvgIpc) is 3.03. The van der Waals surface area contributed by atoms with E-state index in [-0.39, 0.29) is 11.0 Å². The first kappa shape index (κ1) is 20.7. The zero-order chi connectivity index (χ0) is 20.3. The molecule has 3 rings (SSSR count). The van der Waals surface area contributed by atoms with E-state index in [9.17, 15) is 4.79 Å². The lowest BCUT2D eigenvalue weighted by atomic mass is 10.2. The molecule has 0 fully saturated rings. The van der Waals surface area contributed by atoms with Crippen LogP contribution in [0.15, 0.2) is 36.4 Å². The van der Waals surface area contributed by atoms with Gasteiger partial charge in [-0.1, -0.05) is 41.4 Å². The monoisotopic (exact) mass is 454 g/mol. The van der Waals surface area contributed by atoms with Crippen LogP contribution in [-0.4, -0.2) is 25.2 Å². The van der Waals surface area contributed by atoms with Gasteiger partial charge in [-0.05, 0) is 29.9 Å². The van der Waals surface area contributed by atoms with Crippen LogP contribution in [0.5, 0.6) is 11.5 Å². The fraction of sp³-hybridized carbons (Fsp3) is 0.158. The number of methoxy groups -OCH3 is 2. The molecule has 5 nitrogen and oxygen atoms in total. The van der Waals surface area contributed by atoms with Gasteiger partial charge in [0.25, 0.3) is 5.91 Å². The number of benzene rings is 2. The second-order valence-corrected chi connectivity index (χ2v) is 7.92. The summed E-state index contributed by atoms with van der Waals surface area (Å²) >= 11 is 19.1. The molecule has 1 aromatic heterocycles. The minimum absolute atomic E-state index is 0.171. The van der Waals surface area contributed by atoms with Gasteiger partial charge >= 0.3 is 0 Å². The molecule has 0 aliphatic carbocycles. The van der Waals surface area contributed by atoms with E-state index in [0.717, 1.165) is 15.6 Å². The number of hydrogen-bond acceptors (Lipinski definition) is 5. The summed E-state index contributed by atoms with van der Waals surface area (Å²) in [7, 11) is 3.08. The number of carbonyl (C=O) groups excluding carboxylic acids is 1. The van der Waals surface area contributed by atoms with Crippen LogP contribution in [0.3, 0.4) is 0 Å². The average molecular weight is 455 g/mol. The van der Waals surface area contributed by atoms with E-state index in [1.54, 1.807) is 19.2 Å². The molecule has 0 aliphatic rings. The summed E-state index contributed by atoms with van der Waals surface area (Å²) in [5.41, 5.74) is 0.746. The fourth-order valence-corrected chi connectivity index (χ4v) is 4.37. The zero-order valence-corrected chi connectivity index (χ0v) is 18.1. The van der Waals surface area contributed by atoms with Crippen molar-refractivity contribution >= 4 is 67.9 Å². The Bertz CT molecular complexity index is 1050. The van der Waals surface area contributed by atoms with Gasteiger partial charge < -0.3 is 14.8 Å². The Morgan fingerprint density at radius 1 is 1.14 bits per heavy atom. The Hall–Kier alpha value is -2.06. The van der Waals surface area contributed by atoms with Gasteiger partial charge in [-0.25, -0.2) is 0 Å². The molecule has 28 heavy (non-hydrogen) atoms. The molecule has 2 aromatic carbocycles. The summed E-state index contributed by atoms with van der Waals surface area (Å²) < 4.78 is 11.4. The smallest absolute Gasteiger partial charge is 0.269 e. The van der Waals surface area contributed by atoms with E-state index in [2.05, 4.69) is 10.6 Å². The van der Waals surface area contributed by atoms with E-state index in [0.29, 0.717) is 33.0 Å². The zero-order valence-electron chi connectivity index (χ0n) is 15.0. The summed E-state index contributed by atoms with van der Waals surface area (Å²) in [4.78, 5) is 12.9. The number of amides is 1. The van der Waals surface area contributed by atoms with Gasteiger partial charge in [0, 0.05) is 27.7 Å². The minimum Gasteiger partial charge on any atom is -0.493 e. The molecular formula is C19H16Cl2N2O3S2. The molecule has 9 heteroatoms. The third-order valence-corrected chi connectivity index (χ3v) is 6.23. The summed E-state index contributed by atoms with van der Waals surface area (Å²) in [5, 5.41) is 7.54. The Labute approximate surface area is 181 Å². The van der Waals surface area contributed by atoms with E-state index in [1.807, 2.05) is 24.3 Å². The summed E-state index contributed by atoms with van der Waals surface area (Å²) in [5.74, 6) is 0.726. The maximum absolute atomic E-state index is 12.5. The number of thiocarbonyl (C=S) groups is 1. The maximum atomic E-state index is 12.5. The number of fused-ring (bicyclic) bond motifs is 1. The Balaban J connectivity index is 1.67. The first-order valence-electron chi connectivity index (χ1n) is 8.11. The molecule has 0 radical (unpaired) electrons. The number of carbonyl (C=O) groups is 1. The van der Waals surface area contributed by atoms with Crippen molar-refractivity contribution in [2.45, 2.75) is 6.54 Å². The van der Waals surface area contributed by atoms with Crippen LogP contribution in [-0.2, 0) is 6.54 Å². The van der Waals surface area contributed by atoms with Crippen molar-refractivity contribution < 1.29 is 14.3 Å². The van der Waals surface area contributed by atoms with Crippen molar-refractivity contribution in [1.29, 1.82) is 0 Å². The van der Waals surface area contributed by atoms with Gasteiger partial charge in [0.2, 0.25) is 0 Å². The topological polar surface area (TPSA) is 59.6 Å². The highest BCUT2D eigenvalue weighted by molar-refractivity contribution is 7.80. The van der Waals surface area contributed by atoms with Crippen LogP contribution in [0.1, 0.15) is 15.2 Å². The lowest BCUT2D eigenvalue weighted by molar-refractivity contribution is 0.0981. The summed E-state index contributed by atoms with van der Waals surface area (Å²) in [6.07, 6.45) is 0. The van der Waals surface area contributed by atoms with E-state index < -0.39 is 0 Å². The largest absolute Gasteiger partial charge is 0.493 e. The number of ether oxygens (including phenoxy) is 2. The molecule has 0 aliphatic heterocycles. The highest BCUT2D eigenvalue weighted by atomic mass is 35.5. The van der Waals surface area contributed by atoms with Crippen molar-refractivity contribution in [3.63, 3.8) is 0 Å². The van der Waals surface area contributed by atoms with E-state index >= 15 is 0 Å². The standard InChI is InChI=1S/C19H16Cl2N2O3S2/c1-25-13-7-10(12(20)8-14(13)26-2)9-22-19(27)23-18(24)17-16(21)11-5-3-4-6-15(11)28-17/h3-8H,9H2,1-2H3,(H2,22,23,24,27). The van der Waals surface area contributed by atoms with Crippen molar-refractivity contribution in [1.82, 2.24) is 10.6 Å². The Morgan fingerprint density at radius 3 is 2.50 bits per heavy atom. The van der Waals surface area contributed by atoms with Gasteiger partial charge in [-0.3, -0.25) is 10.1 Å². The highest BCUT2D eigenvalue weighted by Gasteiger charge is 2.18. The summed E-state index contributed by atoms with van der Waals surface area (Å²) in [6, 6.07) is 11.0. The molecule has 146 valence electrons. The number of nitrogens with one attached hydrogen (secondary N) is 2. The minimum atomic E-state index is -0.359. The SMILES string of the molecule is COc1cc(Cl)c(CNC(=S)NC(=O)c2sc3ccccc3c2Cl)cc1OC. The molecule has 0 atom stereocenters. The third kappa shape index (κ3) is 4.33. The van der Waals surface area contributed by atoms with Gasteiger partial charge in [-0.15, -0.1) is 11.3 Å². The molecule has 0 saturated heterocycles. The van der Waals surface area contributed by atoms with Crippen LogP contribution in [0.25, 0.3) is 10.1 Å². The van der Waals surface area contributed by atoms with Gasteiger partial charge in [0.05, 0.1) is 19.2 Å². The van der Waals surface area contributed by atoms with Gasteiger partial charge in [-0.2, -0.15) is 0 Å². The van der Waals surface area contributed by atoms with Gasteiger partial charge in [0.1, 0.15) is 4.88 Å². The van der Waals surface area contributed by atoms with E-state index in [4.69, 9.17) is 44.9 Å². The summed E-state index contributed by atoms with van der Waals surface area (Å²) in [6.45, 7) is 0.304. The molecule has 0 unspecified atom stereocenters. The van der Waals surface area contributed by atoms with Crippen molar-refractivity contribution in [2.75, 3.05) is 14.2 Å².